The topological polar surface area (TPSA) is 93.1 Å². The number of nitrogens with zero attached hydrogens (tertiary/aromatic N) is 6. The normalized spacial score (nSPS) is 20.4. The highest BCUT2D eigenvalue weighted by Gasteiger charge is 2.33. The molecule has 25 heavy (non-hydrogen) atoms. The monoisotopic (exact) mass is 340 g/mol. The Morgan fingerprint density at radius 1 is 1.28 bits per heavy atom. The molecule has 0 unspecified atom stereocenters. The van der Waals surface area contributed by atoms with Crippen molar-refractivity contribution in [3.8, 4) is 11.5 Å². The molecule has 0 saturated carbocycles. The van der Waals surface area contributed by atoms with Crippen LogP contribution in [0.1, 0.15) is 11.5 Å². The minimum atomic E-state index is -0.429. The van der Waals surface area contributed by atoms with Gasteiger partial charge in [-0.2, -0.15) is 0 Å². The molecule has 0 aromatic carbocycles. The van der Waals surface area contributed by atoms with Crippen molar-refractivity contribution in [1.29, 1.82) is 0 Å². The third kappa shape index (κ3) is 3.12. The Balaban J connectivity index is 1.46. The Labute approximate surface area is 145 Å². The van der Waals surface area contributed by atoms with Crippen molar-refractivity contribution in [1.82, 2.24) is 24.9 Å². The van der Waals surface area contributed by atoms with Crippen molar-refractivity contribution in [2.24, 2.45) is 13.0 Å². The Kier molecular flexibility index (Phi) is 3.96. The number of β-amino-alcohol motifs (C(OH)–C–C–N with tert-alkyl or cyclic N) is 1. The van der Waals surface area contributed by atoms with Crippen LogP contribution >= 0.6 is 0 Å². The van der Waals surface area contributed by atoms with Crippen LogP contribution in [0.15, 0.2) is 35.1 Å². The van der Waals surface area contributed by atoms with E-state index in [0.29, 0.717) is 19.5 Å². The lowest BCUT2D eigenvalue weighted by atomic mass is 10.0. The van der Waals surface area contributed by atoms with E-state index < -0.39 is 6.10 Å². The van der Waals surface area contributed by atoms with Gasteiger partial charge in [0.05, 0.1) is 11.8 Å². The number of aliphatic hydroxyl groups excluding tert-OH is 1. The van der Waals surface area contributed by atoms with E-state index in [2.05, 4.69) is 20.3 Å². The second kappa shape index (κ2) is 6.29. The minimum Gasteiger partial charge on any atom is -0.391 e. The number of rotatable bonds is 4. The summed E-state index contributed by atoms with van der Waals surface area (Å²) in [6.07, 6.45) is 3.84. The smallest absolute Gasteiger partial charge is 0.160 e. The summed E-state index contributed by atoms with van der Waals surface area (Å²) in [6, 6.07) is 5.74. The second-order valence-corrected chi connectivity index (χ2v) is 6.51. The highest BCUT2D eigenvalue weighted by atomic mass is 16.5. The summed E-state index contributed by atoms with van der Waals surface area (Å²) in [6.45, 7) is 3.13. The number of aryl methyl sites for hydroxylation is 2. The number of hydrogen-bond acceptors (Lipinski definition) is 7. The fourth-order valence-electron chi connectivity index (χ4n) is 3.24. The van der Waals surface area contributed by atoms with Crippen LogP contribution < -0.4 is 4.90 Å². The maximum Gasteiger partial charge on any atom is 0.160 e. The molecule has 0 bridgehead atoms. The minimum absolute atomic E-state index is 0.0865. The quantitative estimate of drug-likeness (QED) is 0.763. The highest BCUT2D eigenvalue weighted by molar-refractivity contribution is 5.52. The van der Waals surface area contributed by atoms with Crippen LogP contribution in [-0.2, 0) is 13.5 Å². The molecule has 1 N–H and O–H groups in total. The molecular weight excluding hydrogens is 320 g/mol. The van der Waals surface area contributed by atoms with Gasteiger partial charge in [-0.25, -0.2) is 4.98 Å². The number of imidazole rings is 1. The van der Waals surface area contributed by atoms with Gasteiger partial charge in [-0.05, 0) is 19.1 Å². The van der Waals surface area contributed by atoms with E-state index in [1.807, 2.05) is 47.8 Å². The number of aromatic nitrogens is 5. The standard InChI is InChI=1S/C17H20N6O2/c1-11-7-13(25-21-11)8-12-9-23(10-15(12)24)16-4-3-14(19-20-16)17-18-5-6-22(17)2/h3-7,12,15,24H,8-10H2,1-2H3/t12-,15-/m1/s1. The molecule has 2 atom stereocenters. The summed E-state index contributed by atoms with van der Waals surface area (Å²) in [7, 11) is 1.92. The van der Waals surface area contributed by atoms with Crippen LogP contribution in [0.5, 0.6) is 0 Å². The number of anilines is 1. The maximum atomic E-state index is 10.4. The van der Waals surface area contributed by atoms with E-state index in [0.717, 1.165) is 28.8 Å². The Morgan fingerprint density at radius 3 is 2.80 bits per heavy atom. The van der Waals surface area contributed by atoms with Gasteiger partial charge < -0.3 is 19.1 Å². The first kappa shape index (κ1) is 15.8. The third-order valence-corrected chi connectivity index (χ3v) is 4.57. The van der Waals surface area contributed by atoms with Crippen molar-refractivity contribution >= 4 is 5.82 Å². The van der Waals surface area contributed by atoms with E-state index in [-0.39, 0.29) is 5.92 Å². The van der Waals surface area contributed by atoms with E-state index >= 15 is 0 Å². The van der Waals surface area contributed by atoms with Gasteiger partial charge in [0, 0.05) is 50.9 Å². The van der Waals surface area contributed by atoms with E-state index in [1.54, 1.807) is 6.20 Å². The SMILES string of the molecule is Cc1cc(C[C@@H]2CN(c3ccc(-c4nccn4C)nn3)C[C@H]2O)on1. The molecule has 0 aliphatic carbocycles. The summed E-state index contributed by atoms with van der Waals surface area (Å²) >= 11 is 0. The van der Waals surface area contributed by atoms with Gasteiger partial charge in [-0.1, -0.05) is 5.16 Å². The van der Waals surface area contributed by atoms with Crippen LogP contribution in [0.4, 0.5) is 5.82 Å². The zero-order valence-corrected chi connectivity index (χ0v) is 14.2. The lowest BCUT2D eigenvalue weighted by molar-refractivity contribution is 0.143. The van der Waals surface area contributed by atoms with Crippen molar-refractivity contribution in [3.05, 3.63) is 42.0 Å². The van der Waals surface area contributed by atoms with Gasteiger partial charge in [0.2, 0.25) is 0 Å². The summed E-state index contributed by atoms with van der Waals surface area (Å²) in [5, 5.41) is 22.9. The molecule has 0 spiro atoms. The molecule has 3 aromatic heterocycles. The predicted octanol–water partition coefficient (Wildman–Crippen LogP) is 1.21. The fraction of sp³-hybridized carbons (Fsp3) is 0.412. The Morgan fingerprint density at radius 2 is 2.16 bits per heavy atom. The molecule has 8 heteroatoms. The van der Waals surface area contributed by atoms with Crippen molar-refractivity contribution < 1.29 is 9.63 Å². The lowest BCUT2D eigenvalue weighted by Crippen LogP contribution is -2.22. The van der Waals surface area contributed by atoms with Crippen molar-refractivity contribution in [2.75, 3.05) is 18.0 Å². The maximum absolute atomic E-state index is 10.4. The summed E-state index contributed by atoms with van der Waals surface area (Å²) in [5.74, 6) is 2.43. The fourth-order valence-corrected chi connectivity index (χ4v) is 3.24. The summed E-state index contributed by atoms with van der Waals surface area (Å²) in [5.41, 5.74) is 1.58. The molecule has 4 heterocycles. The first-order valence-electron chi connectivity index (χ1n) is 8.27. The molecule has 0 radical (unpaired) electrons. The second-order valence-electron chi connectivity index (χ2n) is 6.51. The van der Waals surface area contributed by atoms with Crippen LogP contribution in [0.3, 0.4) is 0 Å². The lowest BCUT2D eigenvalue weighted by Gasteiger charge is -2.16. The van der Waals surface area contributed by atoms with Crippen molar-refractivity contribution in [3.63, 3.8) is 0 Å². The zero-order valence-electron chi connectivity index (χ0n) is 14.2. The molecule has 3 aromatic rings. The number of aliphatic hydroxyl groups is 1. The first-order chi connectivity index (χ1) is 12.1. The average molecular weight is 340 g/mol. The van der Waals surface area contributed by atoms with Gasteiger partial charge in [-0.3, -0.25) is 0 Å². The van der Waals surface area contributed by atoms with Gasteiger partial charge in [0.1, 0.15) is 11.5 Å². The van der Waals surface area contributed by atoms with Crippen LogP contribution in [0.2, 0.25) is 0 Å². The third-order valence-electron chi connectivity index (χ3n) is 4.57. The summed E-state index contributed by atoms with van der Waals surface area (Å²) in [4.78, 5) is 6.33. The molecule has 1 saturated heterocycles. The van der Waals surface area contributed by atoms with Crippen molar-refractivity contribution in [2.45, 2.75) is 19.4 Å². The largest absolute Gasteiger partial charge is 0.391 e. The van der Waals surface area contributed by atoms with Gasteiger partial charge in [-0.15, -0.1) is 10.2 Å². The average Bonchev–Trinajstić information content (AvgIpc) is 3.30. The van der Waals surface area contributed by atoms with Crippen LogP contribution in [0.25, 0.3) is 11.5 Å². The number of hydrogen-bond donors (Lipinski definition) is 1. The van der Waals surface area contributed by atoms with Crippen LogP contribution in [-0.4, -0.2) is 49.2 Å². The van der Waals surface area contributed by atoms with E-state index in [4.69, 9.17) is 4.52 Å². The molecule has 0 amide bonds. The molecule has 1 fully saturated rings. The van der Waals surface area contributed by atoms with Crippen LogP contribution in [0, 0.1) is 12.8 Å². The molecular formula is C17H20N6O2. The molecule has 8 nitrogen and oxygen atoms in total. The van der Waals surface area contributed by atoms with E-state index in [1.165, 1.54) is 0 Å². The molecule has 130 valence electrons. The summed E-state index contributed by atoms with van der Waals surface area (Å²) < 4.78 is 7.17. The Hall–Kier alpha value is -2.74. The zero-order chi connectivity index (χ0) is 17.4. The molecule has 1 aliphatic heterocycles. The van der Waals surface area contributed by atoms with Gasteiger partial charge in [0.15, 0.2) is 11.6 Å². The van der Waals surface area contributed by atoms with E-state index in [9.17, 15) is 5.11 Å². The van der Waals surface area contributed by atoms with Gasteiger partial charge >= 0.3 is 0 Å². The Bertz CT molecular complexity index is 856. The predicted molar refractivity (Wildman–Crippen MR) is 90.9 cm³/mol. The molecule has 1 aliphatic rings. The first-order valence-corrected chi connectivity index (χ1v) is 8.27. The van der Waals surface area contributed by atoms with Gasteiger partial charge in [0.25, 0.3) is 0 Å². The highest BCUT2D eigenvalue weighted by Crippen LogP contribution is 2.26. The molecule has 4 rings (SSSR count).